The summed E-state index contributed by atoms with van der Waals surface area (Å²) >= 11 is 0. The number of hydrogen-bond acceptors (Lipinski definition) is 4. The van der Waals surface area contributed by atoms with Gasteiger partial charge in [0, 0.05) is 30.8 Å². The van der Waals surface area contributed by atoms with Crippen molar-refractivity contribution in [2.75, 3.05) is 20.7 Å². The lowest BCUT2D eigenvalue weighted by molar-refractivity contribution is 0.0601. The van der Waals surface area contributed by atoms with Crippen molar-refractivity contribution in [3.8, 4) is 5.69 Å². The summed E-state index contributed by atoms with van der Waals surface area (Å²) in [5.74, 6) is -0.319. The highest BCUT2D eigenvalue weighted by atomic mass is 16.5. The Labute approximate surface area is 117 Å². The van der Waals surface area contributed by atoms with Crippen LogP contribution in [0.15, 0.2) is 30.5 Å². The molecule has 2 heterocycles. The number of esters is 1. The van der Waals surface area contributed by atoms with Crippen LogP contribution < -0.4 is 0 Å². The molecule has 1 aromatic carbocycles. The minimum absolute atomic E-state index is 0.319. The molecule has 0 fully saturated rings. The Kier molecular flexibility index (Phi) is 3.28. The molecule has 0 bridgehead atoms. The van der Waals surface area contributed by atoms with E-state index in [2.05, 4.69) is 17.0 Å². The zero-order chi connectivity index (χ0) is 14.1. The Bertz CT molecular complexity index is 631. The summed E-state index contributed by atoms with van der Waals surface area (Å²) < 4.78 is 6.66. The highest BCUT2D eigenvalue weighted by Crippen LogP contribution is 2.21. The number of nitrogens with zero attached hydrogens (tertiary/aromatic N) is 3. The number of benzene rings is 1. The van der Waals surface area contributed by atoms with Crippen molar-refractivity contribution in [1.29, 1.82) is 0 Å². The standard InChI is InChI=1S/C15H17N3O2/c1-17-8-7-14-12(10-17)9-16-18(14)13-5-3-11(4-6-13)15(19)20-2/h3-6,9H,7-8,10H2,1-2H3. The lowest BCUT2D eigenvalue weighted by atomic mass is 10.1. The average Bonchev–Trinajstić information content (AvgIpc) is 2.89. The number of methoxy groups -OCH3 is 1. The van der Waals surface area contributed by atoms with Crippen LogP contribution in [0.5, 0.6) is 0 Å². The van der Waals surface area contributed by atoms with Crippen LogP contribution in [0, 0.1) is 0 Å². The third kappa shape index (κ3) is 2.20. The van der Waals surface area contributed by atoms with Gasteiger partial charge in [0.05, 0.1) is 24.6 Å². The Morgan fingerprint density at radius 1 is 1.30 bits per heavy atom. The largest absolute Gasteiger partial charge is 0.465 e. The molecular weight excluding hydrogens is 254 g/mol. The maximum atomic E-state index is 11.4. The highest BCUT2D eigenvalue weighted by Gasteiger charge is 2.18. The molecule has 0 unspecified atom stereocenters. The summed E-state index contributed by atoms with van der Waals surface area (Å²) in [6, 6.07) is 7.34. The first kappa shape index (κ1) is 12.9. The molecule has 1 aliphatic heterocycles. The zero-order valence-corrected chi connectivity index (χ0v) is 11.7. The van der Waals surface area contributed by atoms with Crippen molar-refractivity contribution in [3.05, 3.63) is 47.3 Å². The smallest absolute Gasteiger partial charge is 0.337 e. The summed E-state index contributed by atoms with van der Waals surface area (Å²) in [4.78, 5) is 13.7. The predicted octanol–water partition coefficient (Wildman–Crippen LogP) is 1.65. The minimum atomic E-state index is -0.319. The van der Waals surface area contributed by atoms with Crippen LogP contribution in [0.1, 0.15) is 21.6 Å². The second kappa shape index (κ2) is 5.09. The minimum Gasteiger partial charge on any atom is -0.465 e. The van der Waals surface area contributed by atoms with Gasteiger partial charge in [-0.25, -0.2) is 9.48 Å². The number of ether oxygens (including phenoxy) is 1. The molecule has 1 aliphatic rings. The molecule has 0 radical (unpaired) electrons. The van der Waals surface area contributed by atoms with E-state index in [-0.39, 0.29) is 5.97 Å². The molecule has 104 valence electrons. The molecule has 0 spiro atoms. The van der Waals surface area contributed by atoms with Crippen LogP contribution in [0.4, 0.5) is 0 Å². The summed E-state index contributed by atoms with van der Waals surface area (Å²) in [6.45, 7) is 1.98. The number of aromatic nitrogens is 2. The summed E-state index contributed by atoms with van der Waals surface area (Å²) in [5.41, 5.74) is 4.06. The summed E-state index contributed by atoms with van der Waals surface area (Å²) in [6.07, 6.45) is 2.92. The Balaban J connectivity index is 1.92. The fraction of sp³-hybridized carbons (Fsp3) is 0.333. The fourth-order valence-electron chi connectivity index (χ4n) is 2.55. The van der Waals surface area contributed by atoms with Gasteiger partial charge in [0.1, 0.15) is 0 Å². The van der Waals surface area contributed by atoms with Crippen LogP contribution in [0.3, 0.4) is 0 Å². The number of fused-ring (bicyclic) bond motifs is 1. The van der Waals surface area contributed by atoms with Gasteiger partial charge >= 0.3 is 5.97 Å². The Hall–Kier alpha value is -2.14. The Morgan fingerprint density at radius 3 is 2.75 bits per heavy atom. The lowest BCUT2D eigenvalue weighted by Crippen LogP contribution is -2.27. The van der Waals surface area contributed by atoms with E-state index < -0.39 is 0 Å². The van der Waals surface area contributed by atoms with Crippen molar-refractivity contribution in [1.82, 2.24) is 14.7 Å². The molecule has 5 nitrogen and oxygen atoms in total. The van der Waals surface area contributed by atoms with Gasteiger partial charge in [0.2, 0.25) is 0 Å². The number of hydrogen-bond donors (Lipinski definition) is 0. The van der Waals surface area contributed by atoms with Crippen molar-refractivity contribution < 1.29 is 9.53 Å². The second-order valence-corrected chi connectivity index (χ2v) is 5.05. The third-order valence-electron chi connectivity index (χ3n) is 3.66. The molecule has 0 aliphatic carbocycles. The molecule has 0 atom stereocenters. The quantitative estimate of drug-likeness (QED) is 0.779. The summed E-state index contributed by atoms with van der Waals surface area (Å²) in [5, 5.41) is 4.47. The van der Waals surface area contributed by atoms with E-state index in [9.17, 15) is 4.79 Å². The number of carbonyl (C=O) groups excluding carboxylic acids is 1. The number of carbonyl (C=O) groups is 1. The first-order valence-corrected chi connectivity index (χ1v) is 6.62. The van der Waals surface area contributed by atoms with Crippen molar-refractivity contribution in [2.45, 2.75) is 13.0 Å². The van der Waals surface area contributed by atoms with Crippen LogP contribution in [-0.4, -0.2) is 41.4 Å². The van der Waals surface area contributed by atoms with Gasteiger partial charge in [-0.1, -0.05) is 0 Å². The SMILES string of the molecule is COC(=O)c1ccc(-n2ncc3c2CCN(C)C3)cc1. The van der Waals surface area contributed by atoms with E-state index in [1.54, 1.807) is 12.1 Å². The van der Waals surface area contributed by atoms with Gasteiger partial charge in [-0.2, -0.15) is 5.10 Å². The highest BCUT2D eigenvalue weighted by molar-refractivity contribution is 5.89. The number of likely N-dealkylation sites (N-methyl/N-ethyl adjacent to an activating group) is 1. The van der Waals surface area contributed by atoms with Gasteiger partial charge in [-0.05, 0) is 31.3 Å². The monoisotopic (exact) mass is 271 g/mol. The molecule has 5 heteroatoms. The predicted molar refractivity (Wildman–Crippen MR) is 74.9 cm³/mol. The molecule has 20 heavy (non-hydrogen) atoms. The van der Waals surface area contributed by atoms with E-state index in [1.807, 2.05) is 23.0 Å². The van der Waals surface area contributed by atoms with E-state index in [4.69, 9.17) is 4.74 Å². The molecule has 3 rings (SSSR count). The molecule has 0 saturated heterocycles. The Morgan fingerprint density at radius 2 is 2.05 bits per heavy atom. The van der Waals surface area contributed by atoms with E-state index in [0.717, 1.165) is 25.2 Å². The first-order valence-electron chi connectivity index (χ1n) is 6.62. The maximum Gasteiger partial charge on any atom is 0.337 e. The first-order chi connectivity index (χ1) is 9.69. The van der Waals surface area contributed by atoms with E-state index in [0.29, 0.717) is 5.56 Å². The maximum absolute atomic E-state index is 11.4. The van der Waals surface area contributed by atoms with Gasteiger partial charge in [0.25, 0.3) is 0 Å². The average molecular weight is 271 g/mol. The normalized spacial score (nSPS) is 14.9. The number of rotatable bonds is 2. The third-order valence-corrected chi connectivity index (χ3v) is 3.66. The van der Waals surface area contributed by atoms with Crippen LogP contribution in [-0.2, 0) is 17.7 Å². The summed E-state index contributed by atoms with van der Waals surface area (Å²) in [7, 11) is 3.50. The van der Waals surface area contributed by atoms with Gasteiger partial charge in [-0.3, -0.25) is 0 Å². The lowest BCUT2D eigenvalue weighted by Gasteiger charge is -2.22. The van der Waals surface area contributed by atoms with Crippen molar-refractivity contribution in [2.24, 2.45) is 0 Å². The second-order valence-electron chi connectivity index (χ2n) is 5.05. The molecular formula is C15H17N3O2. The molecule has 0 saturated carbocycles. The van der Waals surface area contributed by atoms with Crippen molar-refractivity contribution in [3.63, 3.8) is 0 Å². The molecule has 2 aromatic rings. The van der Waals surface area contributed by atoms with Crippen LogP contribution >= 0.6 is 0 Å². The van der Waals surface area contributed by atoms with Gasteiger partial charge in [0.15, 0.2) is 0 Å². The van der Waals surface area contributed by atoms with Gasteiger partial charge < -0.3 is 9.64 Å². The van der Waals surface area contributed by atoms with E-state index in [1.165, 1.54) is 18.4 Å². The van der Waals surface area contributed by atoms with Gasteiger partial charge in [-0.15, -0.1) is 0 Å². The fourth-order valence-corrected chi connectivity index (χ4v) is 2.55. The van der Waals surface area contributed by atoms with Crippen molar-refractivity contribution >= 4 is 5.97 Å². The topological polar surface area (TPSA) is 47.4 Å². The molecule has 0 amide bonds. The molecule has 0 N–H and O–H groups in total. The zero-order valence-electron chi connectivity index (χ0n) is 11.7. The molecule has 1 aromatic heterocycles. The van der Waals surface area contributed by atoms with E-state index >= 15 is 0 Å². The van der Waals surface area contributed by atoms with Crippen LogP contribution in [0.25, 0.3) is 5.69 Å². The van der Waals surface area contributed by atoms with Crippen LogP contribution in [0.2, 0.25) is 0 Å².